The minimum atomic E-state index is -0.0972. The Morgan fingerprint density at radius 3 is 2.10 bits per heavy atom. The first-order valence-electron chi connectivity index (χ1n) is 7.14. The number of carbonyl (C=O) groups excluding carboxylic acids is 1. The number of nitrogens with zero attached hydrogens (tertiary/aromatic N) is 1. The summed E-state index contributed by atoms with van der Waals surface area (Å²) in [5, 5.41) is 28.5. The first-order chi connectivity index (χ1) is 9.69. The molecule has 0 unspecified atom stereocenters. The van der Waals surface area contributed by atoms with E-state index in [0.717, 1.165) is 19.4 Å². The quantitative estimate of drug-likeness (QED) is 0.407. The number of esters is 1. The molecule has 0 aliphatic carbocycles. The largest absolute Gasteiger partial charge is 0.465 e. The first kappa shape index (κ1) is 19.3. The molecule has 1 rings (SSSR count). The molecule has 0 aromatic heterocycles. The SMILES string of the molecule is CCOC(=O)[C@@H]1CCCN1.OCCN(CCO)CCO. The molecule has 4 N–H and O–H groups in total. The van der Waals surface area contributed by atoms with E-state index in [4.69, 9.17) is 20.1 Å². The summed E-state index contributed by atoms with van der Waals surface area (Å²) >= 11 is 0. The van der Waals surface area contributed by atoms with Crippen molar-refractivity contribution in [1.29, 1.82) is 0 Å². The van der Waals surface area contributed by atoms with Gasteiger partial charge >= 0.3 is 5.97 Å². The minimum Gasteiger partial charge on any atom is -0.465 e. The minimum absolute atomic E-state index is 0.0278. The molecule has 7 nitrogen and oxygen atoms in total. The summed E-state index contributed by atoms with van der Waals surface area (Å²) < 4.78 is 4.82. The molecule has 120 valence electrons. The molecule has 1 aliphatic heterocycles. The number of ether oxygens (including phenoxy) is 1. The molecule has 0 aromatic rings. The molecule has 1 saturated heterocycles. The summed E-state index contributed by atoms with van der Waals surface area (Å²) in [4.78, 5) is 12.8. The van der Waals surface area contributed by atoms with Crippen LogP contribution in [0.15, 0.2) is 0 Å². The van der Waals surface area contributed by atoms with E-state index >= 15 is 0 Å². The summed E-state index contributed by atoms with van der Waals surface area (Å²) in [7, 11) is 0. The summed E-state index contributed by atoms with van der Waals surface area (Å²) in [5.74, 6) is -0.0972. The van der Waals surface area contributed by atoms with Gasteiger partial charge in [0.05, 0.1) is 26.4 Å². The van der Waals surface area contributed by atoms with E-state index in [2.05, 4.69) is 5.32 Å². The maximum atomic E-state index is 11.0. The van der Waals surface area contributed by atoms with E-state index in [1.165, 1.54) is 0 Å². The van der Waals surface area contributed by atoms with Crippen LogP contribution in [0.4, 0.5) is 0 Å². The molecular formula is C13H28N2O5. The average Bonchev–Trinajstić information content (AvgIpc) is 2.95. The van der Waals surface area contributed by atoms with Gasteiger partial charge < -0.3 is 25.4 Å². The molecule has 7 heteroatoms. The lowest BCUT2D eigenvalue weighted by Gasteiger charge is -2.17. The van der Waals surface area contributed by atoms with Crippen LogP contribution in [0.3, 0.4) is 0 Å². The molecule has 1 fully saturated rings. The van der Waals surface area contributed by atoms with Crippen LogP contribution in [0.2, 0.25) is 0 Å². The normalized spacial score (nSPS) is 17.8. The lowest BCUT2D eigenvalue weighted by atomic mass is 10.2. The molecule has 1 atom stereocenters. The highest BCUT2D eigenvalue weighted by Crippen LogP contribution is 2.05. The molecule has 0 saturated carbocycles. The van der Waals surface area contributed by atoms with E-state index in [9.17, 15) is 4.79 Å². The highest BCUT2D eigenvalue weighted by molar-refractivity contribution is 5.76. The van der Waals surface area contributed by atoms with Crippen LogP contribution < -0.4 is 5.32 Å². The Labute approximate surface area is 120 Å². The van der Waals surface area contributed by atoms with Gasteiger partial charge in [-0.2, -0.15) is 0 Å². The molecule has 1 aliphatic rings. The fourth-order valence-corrected chi connectivity index (χ4v) is 1.89. The van der Waals surface area contributed by atoms with Crippen LogP contribution in [-0.4, -0.2) is 84.8 Å². The Morgan fingerprint density at radius 1 is 1.20 bits per heavy atom. The number of hydrogen-bond donors (Lipinski definition) is 4. The molecule has 0 radical (unpaired) electrons. The van der Waals surface area contributed by atoms with E-state index in [-0.39, 0.29) is 31.8 Å². The second-order valence-corrected chi connectivity index (χ2v) is 4.41. The Kier molecular flexibility index (Phi) is 12.8. The molecular weight excluding hydrogens is 264 g/mol. The van der Waals surface area contributed by atoms with Crippen molar-refractivity contribution >= 4 is 5.97 Å². The number of aliphatic hydroxyl groups excluding tert-OH is 3. The van der Waals surface area contributed by atoms with Gasteiger partial charge in [-0.1, -0.05) is 0 Å². The van der Waals surface area contributed by atoms with Crippen molar-refractivity contribution in [3.63, 3.8) is 0 Å². The zero-order valence-electron chi connectivity index (χ0n) is 12.3. The predicted octanol–water partition coefficient (Wildman–Crippen LogP) is -1.43. The lowest BCUT2D eigenvalue weighted by Crippen LogP contribution is -2.32. The second-order valence-electron chi connectivity index (χ2n) is 4.41. The highest BCUT2D eigenvalue weighted by Gasteiger charge is 2.22. The zero-order valence-corrected chi connectivity index (χ0v) is 12.3. The van der Waals surface area contributed by atoms with Crippen molar-refractivity contribution in [2.45, 2.75) is 25.8 Å². The van der Waals surface area contributed by atoms with Gasteiger partial charge in [0.15, 0.2) is 0 Å². The maximum Gasteiger partial charge on any atom is 0.323 e. The summed E-state index contributed by atoms with van der Waals surface area (Å²) in [6.45, 7) is 5.01. The third-order valence-electron chi connectivity index (χ3n) is 2.88. The lowest BCUT2D eigenvalue weighted by molar-refractivity contribution is -0.145. The number of rotatable bonds is 8. The van der Waals surface area contributed by atoms with Crippen molar-refractivity contribution in [3.8, 4) is 0 Å². The van der Waals surface area contributed by atoms with Gasteiger partial charge in [0, 0.05) is 19.6 Å². The molecule has 1 heterocycles. The monoisotopic (exact) mass is 292 g/mol. The van der Waals surface area contributed by atoms with Crippen molar-refractivity contribution < 1.29 is 24.9 Å². The van der Waals surface area contributed by atoms with E-state index in [1.54, 1.807) is 4.90 Å². The third-order valence-corrected chi connectivity index (χ3v) is 2.88. The van der Waals surface area contributed by atoms with Crippen LogP contribution in [0, 0.1) is 0 Å². The fourth-order valence-electron chi connectivity index (χ4n) is 1.89. The van der Waals surface area contributed by atoms with Gasteiger partial charge in [-0.25, -0.2) is 0 Å². The van der Waals surface area contributed by atoms with Crippen molar-refractivity contribution in [2.24, 2.45) is 0 Å². The van der Waals surface area contributed by atoms with Crippen LogP contribution >= 0.6 is 0 Å². The van der Waals surface area contributed by atoms with E-state index in [1.807, 2.05) is 6.92 Å². The Balaban J connectivity index is 0.000000361. The summed E-state index contributed by atoms with van der Waals surface area (Å²) in [5.41, 5.74) is 0. The third kappa shape index (κ3) is 9.22. The molecule has 0 aromatic carbocycles. The van der Waals surface area contributed by atoms with Crippen molar-refractivity contribution in [3.05, 3.63) is 0 Å². The van der Waals surface area contributed by atoms with Gasteiger partial charge in [0.25, 0.3) is 0 Å². The smallest absolute Gasteiger partial charge is 0.323 e. The van der Waals surface area contributed by atoms with Crippen LogP contribution in [0.5, 0.6) is 0 Å². The summed E-state index contributed by atoms with van der Waals surface area (Å²) in [6.07, 6.45) is 2.02. The number of nitrogens with one attached hydrogen (secondary N) is 1. The molecule has 0 amide bonds. The average molecular weight is 292 g/mol. The maximum absolute atomic E-state index is 11.0. The number of aliphatic hydroxyl groups is 3. The number of carbonyl (C=O) groups is 1. The molecule has 20 heavy (non-hydrogen) atoms. The Morgan fingerprint density at radius 2 is 1.75 bits per heavy atom. The fraction of sp³-hybridized carbons (Fsp3) is 0.923. The second kappa shape index (κ2) is 13.3. The molecule has 0 spiro atoms. The Hall–Kier alpha value is -0.730. The van der Waals surface area contributed by atoms with Crippen LogP contribution in [0.25, 0.3) is 0 Å². The van der Waals surface area contributed by atoms with Gasteiger partial charge in [0.2, 0.25) is 0 Å². The highest BCUT2D eigenvalue weighted by atomic mass is 16.5. The van der Waals surface area contributed by atoms with Crippen LogP contribution in [-0.2, 0) is 9.53 Å². The summed E-state index contributed by atoms with van der Waals surface area (Å²) in [6, 6.07) is -0.0278. The standard InChI is InChI=1S/C7H13NO2.C6H15NO3/c1-2-10-7(9)6-4-3-5-8-6;8-4-1-7(2-5-9)3-6-10/h6,8H,2-5H2,1H3;8-10H,1-6H2/t6-;/m0./s1. The predicted molar refractivity (Wildman–Crippen MR) is 75.4 cm³/mol. The van der Waals surface area contributed by atoms with Crippen molar-refractivity contribution in [2.75, 3.05) is 52.6 Å². The van der Waals surface area contributed by atoms with E-state index < -0.39 is 0 Å². The van der Waals surface area contributed by atoms with Gasteiger partial charge in [-0.05, 0) is 26.3 Å². The van der Waals surface area contributed by atoms with Gasteiger partial charge in [-0.15, -0.1) is 0 Å². The van der Waals surface area contributed by atoms with Gasteiger partial charge in [0.1, 0.15) is 6.04 Å². The number of hydrogen-bond acceptors (Lipinski definition) is 7. The van der Waals surface area contributed by atoms with E-state index in [0.29, 0.717) is 26.2 Å². The zero-order chi connectivity index (χ0) is 15.2. The van der Waals surface area contributed by atoms with Crippen LogP contribution in [0.1, 0.15) is 19.8 Å². The first-order valence-corrected chi connectivity index (χ1v) is 7.14. The van der Waals surface area contributed by atoms with Crippen molar-refractivity contribution in [1.82, 2.24) is 10.2 Å². The Bertz CT molecular complexity index is 221. The topological polar surface area (TPSA) is 102 Å². The van der Waals surface area contributed by atoms with Gasteiger partial charge in [-0.3, -0.25) is 9.69 Å². The molecule has 0 bridgehead atoms.